The van der Waals surface area contributed by atoms with Gasteiger partial charge in [0.15, 0.2) is 21.3 Å². The predicted octanol–water partition coefficient (Wildman–Crippen LogP) is 2.22. The lowest BCUT2D eigenvalue weighted by molar-refractivity contribution is 0.102. The third kappa shape index (κ3) is 5.43. The maximum Gasteiger partial charge on any atom is 0.278 e. The highest BCUT2D eigenvalue weighted by Crippen LogP contribution is 2.27. The molecular formula is C21H22N6O3S. The third-order valence-electron chi connectivity index (χ3n) is 4.15. The second-order valence-corrected chi connectivity index (χ2v) is 8.81. The molecule has 0 atom stereocenters. The molecule has 0 bridgehead atoms. The van der Waals surface area contributed by atoms with Crippen LogP contribution in [0.25, 0.3) is 11.3 Å². The van der Waals surface area contributed by atoms with E-state index in [4.69, 9.17) is 5.73 Å². The summed E-state index contributed by atoms with van der Waals surface area (Å²) in [6.07, 6.45) is 7.64. The molecular weight excluding hydrogens is 416 g/mol. The molecule has 0 spiro atoms. The predicted molar refractivity (Wildman–Crippen MR) is 119 cm³/mol. The van der Waals surface area contributed by atoms with Crippen molar-refractivity contribution in [1.82, 2.24) is 19.9 Å². The van der Waals surface area contributed by atoms with E-state index < -0.39 is 15.7 Å². The number of hydrogen-bond acceptors (Lipinski definition) is 8. The number of nitrogens with zero attached hydrogens (tertiary/aromatic N) is 4. The first kappa shape index (κ1) is 21.9. The number of rotatable bonds is 7. The fraction of sp³-hybridized carbons (Fsp3) is 0.143. The van der Waals surface area contributed by atoms with E-state index in [9.17, 15) is 13.2 Å². The number of amides is 1. The molecule has 0 saturated heterocycles. The molecule has 9 nitrogen and oxygen atoms in total. The highest BCUT2D eigenvalue weighted by atomic mass is 32.2. The summed E-state index contributed by atoms with van der Waals surface area (Å²) in [5, 5.41) is 2.65. The van der Waals surface area contributed by atoms with Crippen molar-refractivity contribution in [3.63, 3.8) is 0 Å². The summed E-state index contributed by atoms with van der Waals surface area (Å²) < 4.78 is 25.8. The maximum atomic E-state index is 12.9. The summed E-state index contributed by atoms with van der Waals surface area (Å²) in [4.78, 5) is 26.8. The number of nitrogens with one attached hydrogen (secondary N) is 1. The van der Waals surface area contributed by atoms with Crippen LogP contribution >= 0.6 is 0 Å². The average molecular weight is 439 g/mol. The second-order valence-electron chi connectivity index (χ2n) is 6.81. The Morgan fingerprint density at radius 3 is 2.65 bits per heavy atom. The van der Waals surface area contributed by atoms with Crippen LogP contribution in [0.1, 0.15) is 10.5 Å². The minimum atomic E-state index is -3.65. The van der Waals surface area contributed by atoms with E-state index in [-0.39, 0.29) is 27.9 Å². The van der Waals surface area contributed by atoms with Crippen molar-refractivity contribution in [1.29, 1.82) is 0 Å². The molecule has 0 saturated carbocycles. The number of sulfone groups is 1. The summed E-state index contributed by atoms with van der Waals surface area (Å²) in [5.74, 6) is -0.827. The SMILES string of the molecule is CN(C)C=CCS(=O)(=O)c1ccccc1-c1cnc(N)c(C(=O)Nc2cccnc2)n1. The van der Waals surface area contributed by atoms with E-state index in [1.54, 1.807) is 67.8 Å². The van der Waals surface area contributed by atoms with Gasteiger partial charge in [0.25, 0.3) is 5.91 Å². The molecule has 160 valence electrons. The monoisotopic (exact) mass is 438 g/mol. The molecule has 0 unspecified atom stereocenters. The van der Waals surface area contributed by atoms with Crippen LogP contribution in [0.5, 0.6) is 0 Å². The van der Waals surface area contributed by atoms with E-state index in [2.05, 4.69) is 20.3 Å². The van der Waals surface area contributed by atoms with Crippen molar-refractivity contribution in [2.45, 2.75) is 4.90 Å². The van der Waals surface area contributed by atoms with Gasteiger partial charge in [-0.25, -0.2) is 18.4 Å². The molecule has 0 aliphatic heterocycles. The van der Waals surface area contributed by atoms with Crippen molar-refractivity contribution in [2.75, 3.05) is 30.9 Å². The molecule has 0 radical (unpaired) electrons. The van der Waals surface area contributed by atoms with Gasteiger partial charge in [0.05, 0.1) is 34.4 Å². The molecule has 0 aliphatic carbocycles. The Kier molecular flexibility index (Phi) is 6.61. The van der Waals surface area contributed by atoms with Gasteiger partial charge < -0.3 is 16.0 Å². The minimum absolute atomic E-state index is 0.0700. The van der Waals surface area contributed by atoms with Gasteiger partial charge in [-0.2, -0.15) is 0 Å². The molecule has 3 aromatic rings. The molecule has 10 heteroatoms. The van der Waals surface area contributed by atoms with E-state index in [1.807, 2.05) is 0 Å². The Bertz CT molecular complexity index is 1210. The maximum absolute atomic E-state index is 12.9. The highest BCUT2D eigenvalue weighted by molar-refractivity contribution is 7.91. The lowest BCUT2D eigenvalue weighted by Gasteiger charge is -2.11. The zero-order valence-corrected chi connectivity index (χ0v) is 17.9. The summed E-state index contributed by atoms with van der Waals surface area (Å²) in [6.45, 7) is 0. The molecule has 2 aromatic heterocycles. The molecule has 3 rings (SSSR count). The molecule has 1 amide bonds. The smallest absolute Gasteiger partial charge is 0.278 e. The number of anilines is 2. The van der Waals surface area contributed by atoms with Gasteiger partial charge in [0.1, 0.15) is 0 Å². The Morgan fingerprint density at radius 2 is 1.94 bits per heavy atom. The van der Waals surface area contributed by atoms with E-state index in [0.717, 1.165) is 0 Å². The normalized spacial score (nSPS) is 11.4. The lowest BCUT2D eigenvalue weighted by atomic mass is 10.1. The molecule has 2 heterocycles. The van der Waals surface area contributed by atoms with Crippen molar-refractivity contribution >= 4 is 27.2 Å². The van der Waals surface area contributed by atoms with Crippen LogP contribution in [0.3, 0.4) is 0 Å². The van der Waals surface area contributed by atoms with Crippen LogP contribution in [0.15, 0.2) is 72.2 Å². The fourth-order valence-electron chi connectivity index (χ4n) is 2.74. The van der Waals surface area contributed by atoms with E-state index in [1.165, 1.54) is 18.5 Å². The number of carbonyl (C=O) groups is 1. The first-order valence-corrected chi connectivity index (χ1v) is 10.9. The van der Waals surface area contributed by atoms with Crippen LogP contribution in [0, 0.1) is 0 Å². The summed E-state index contributed by atoms with van der Waals surface area (Å²) >= 11 is 0. The zero-order valence-electron chi connectivity index (χ0n) is 17.1. The Labute approximate surface area is 180 Å². The molecule has 3 N–H and O–H groups in total. The topological polar surface area (TPSA) is 131 Å². The Balaban J connectivity index is 1.97. The molecule has 0 aliphatic rings. The van der Waals surface area contributed by atoms with Gasteiger partial charge in [-0.15, -0.1) is 0 Å². The van der Waals surface area contributed by atoms with Gasteiger partial charge in [-0.3, -0.25) is 9.78 Å². The Morgan fingerprint density at radius 1 is 1.16 bits per heavy atom. The summed E-state index contributed by atoms with van der Waals surface area (Å²) in [7, 11) is -0.0385. The van der Waals surface area contributed by atoms with Crippen LogP contribution in [0.4, 0.5) is 11.5 Å². The van der Waals surface area contributed by atoms with Crippen molar-refractivity contribution in [3.05, 3.63) is 73.0 Å². The zero-order chi connectivity index (χ0) is 22.4. The quantitative estimate of drug-likeness (QED) is 0.574. The average Bonchev–Trinajstić information content (AvgIpc) is 2.74. The minimum Gasteiger partial charge on any atom is -0.384 e. The fourth-order valence-corrected chi connectivity index (χ4v) is 4.05. The number of benzene rings is 1. The molecule has 1 aromatic carbocycles. The standard InChI is InChI=1S/C21H22N6O3S/c1-27(2)11-6-12-31(29,30)18-9-4-3-8-16(18)17-14-24-20(22)19(26-17)21(28)25-15-7-5-10-23-13-15/h3-11,13-14H,12H2,1-2H3,(H2,22,24)(H,25,28). The lowest BCUT2D eigenvalue weighted by Crippen LogP contribution is -2.17. The number of carbonyl (C=O) groups excluding carboxylic acids is 1. The van der Waals surface area contributed by atoms with Crippen molar-refractivity contribution in [3.8, 4) is 11.3 Å². The van der Waals surface area contributed by atoms with Gasteiger partial charge in [0, 0.05) is 25.9 Å². The second kappa shape index (κ2) is 9.35. The Hall–Kier alpha value is -3.79. The third-order valence-corrected chi connectivity index (χ3v) is 5.81. The largest absolute Gasteiger partial charge is 0.384 e. The number of nitrogens with two attached hydrogens (primary N) is 1. The summed E-state index contributed by atoms with van der Waals surface area (Å²) in [5.41, 5.74) is 6.78. The van der Waals surface area contributed by atoms with Crippen molar-refractivity contribution < 1.29 is 13.2 Å². The molecule has 0 fully saturated rings. The number of aromatic nitrogens is 3. The molecule has 31 heavy (non-hydrogen) atoms. The van der Waals surface area contributed by atoms with Crippen molar-refractivity contribution in [2.24, 2.45) is 0 Å². The number of nitrogen functional groups attached to an aromatic ring is 1. The van der Waals surface area contributed by atoms with Gasteiger partial charge in [0.2, 0.25) is 0 Å². The van der Waals surface area contributed by atoms with Crippen LogP contribution in [0.2, 0.25) is 0 Å². The summed E-state index contributed by atoms with van der Waals surface area (Å²) in [6, 6.07) is 9.78. The van der Waals surface area contributed by atoms with Gasteiger partial charge in [-0.05, 0) is 24.4 Å². The van der Waals surface area contributed by atoms with Crippen LogP contribution < -0.4 is 11.1 Å². The first-order chi connectivity index (χ1) is 14.8. The van der Waals surface area contributed by atoms with Gasteiger partial charge in [-0.1, -0.05) is 24.3 Å². The van der Waals surface area contributed by atoms with Crippen LogP contribution in [-0.4, -0.2) is 54.0 Å². The van der Waals surface area contributed by atoms with Crippen LogP contribution in [-0.2, 0) is 9.84 Å². The van der Waals surface area contributed by atoms with Gasteiger partial charge >= 0.3 is 0 Å². The number of hydrogen-bond donors (Lipinski definition) is 2. The van der Waals surface area contributed by atoms with E-state index >= 15 is 0 Å². The first-order valence-electron chi connectivity index (χ1n) is 9.27. The number of pyridine rings is 1. The van der Waals surface area contributed by atoms with E-state index in [0.29, 0.717) is 11.3 Å². The highest BCUT2D eigenvalue weighted by Gasteiger charge is 2.21.